The molecule has 0 atom stereocenters. The summed E-state index contributed by atoms with van der Waals surface area (Å²) in [7, 11) is 0. The Labute approximate surface area is 120 Å². The first-order valence-corrected chi connectivity index (χ1v) is 7.28. The summed E-state index contributed by atoms with van der Waals surface area (Å²) in [5.74, 6) is -0.412. The maximum absolute atomic E-state index is 11.3. The quantitative estimate of drug-likeness (QED) is 0.907. The van der Waals surface area contributed by atoms with Gasteiger partial charge in [-0.3, -0.25) is 4.68 Å². The Balaban J connectivity index is 2.33. The fraction of sp³-hybridized carbons (Fsp3) is 0.385. The Morgan fingerprint density at radius 2 is 2.32 bits per heavy atom. The molecule has 0 amide bonds. The van der Waals surface area contributed by atoms with Crippen LogP contribution in [0.25, 0.3) is 11.3 Å². The number of hydrogen-bond donors (Lipinski definition) is 1. The van der Waals surface area contributed by atoms with E-state index in [9.17, 15) is 9.90 Å². The lowest BCUT2D eigenvalue weighted by Crippen LogP contribution is -2.02. The van der Waals surface area contributed by atoms with E-state index in [4.69, 9.17) is 11.6 Å². The van der Waals surface area contributed by atoms with Gasteiger partial charge in [0.15, 0.2) is 0 Å². The third-order valence-electron chi connectivity index (χ3n) is 2.77. The fourth-order valence-corrected chi connectivity index (χ4v) is 2.60. The van der Waals surface area contributed by atoms with Crippen LogP contribution in [0.2, 0.25) is 4.34 Å². The van der Waals surface area contributed by atoms with Crippen molar-refractivity contribution in [2.45, 2.75) is 26.8 Å². The van der Waals surface area contributed by atoms with Crippen LogP contribution in [0, 0.1) is 5.92 Å². The molecule has 0 fully saturated rings. The Hall–Kier alpha value is -1.33. The minimum atomic E-state index is -0.965. The SMILES string of the molecule is CC(C)CCn1cc(C(=O)O)c(-c2csc(Cl)c2)n1. The highest BCUT2D eigenvalue weighted by molar-refractivity contribution is 7.14. The van der Waals surface area contributed by atoms with Crippen molar-refractivity contribution in [2.24, 2.45) is 5.92 Å². The molecule has 0 aromatic carbocycles. The lowest BCUT2D eigenvalue weighted by atomic mass is 10.1. The van der Waals surface area contributed by atoms with E-state index in [2.05, 4.69) is 18.9 Å². The van der Waals surface area contributed by atoms with E-state index in [0.717, 1.165) is 18.5 Å². The van der Waals surface area contributed by atoms with Crippen LogP contribution in [0.4, 0.5) is 0 Å². The summed E-state index contributed by atoms with van der Waals surface area (Å²) in [6, 6.07) is 1.74. The molecule has 2 rings (SSSR count). The molecule has 2 aromatic rings. The molecule has 0 aliphatic rings. The molecule has 0 spiro atoms. The first-order valence-electron chi connectivity index (χ1n) is 6.02. The van der Waals surface area contributed by atoms with Crippen LogP contribution in [-0.4, -0.2) is 20.9 Å². The number of hydrogen-bond acceptors (Lipinski definition) is 3. The molecule has 19 heavy (non-hydrogen) atoms. The largest absolute Gasteiger partial charge is 0.478 e. The fourth-order valence-electron chi connectivity index (χ4n) is 1.73. The number of nitrogens with zero attached hydrogens (tertiary/aromatic N) is 2. The molecule has 0 bridgehead atoms. The van der Waals surface area contributed by atoms with Crippen molar-refractivity contribution in [2.75, 3.05) is 0 Å². The highest BCUT2D eigenvalue weighted by atomic mass is 35.5. The molecule has 0 radical (unpaired) electrons. The van der Waals surface area contributed by atoms with Crippen LogP contribution in [0.3, 0.4) is 0 Å². The van der Waals surface area contributed by atoms with Gasteiger partial charge in [-0.1, -0.05) is 25.4 Å². The summed E-state index contributed by atoms with van der Waals surface area (Å²) < 4.78 is 2.33. The Morgan fingerprint density at radius 1 is 1.58 bits per heavy atom. The lowest BCUT2D eigenvalue weighted by molar-refractivity contribution is 0.0697. The first-order chi connectivity index (χ1) is 8.97. The highest BCUT2D eigenvalue weighted by Gasteiger charge is 2.18. The Bertz CT molecular complexity index is 589. The predicted octanol–water partition coefficient (Wildman–Crippen LogP) is 4.01. The van der Waals surface area contributed by atoms with Gasteiger partial charge in [0.1, 0.15) is 11.3 Å². The molecule has 102 valence electrons. The van der Waals surface area contributed by atoms with Crippen molar-refractivity contribution in [3.63, 3.8) is 0 Å². The summed E-state index contributed by atoms with van der Waals surface area (Å²) in [6.45, 7) is 4.97. The third-order valence-corrected chi connectivity index (χ3v) is 3.86. The van der Waals surface area contributed by atoms with Crippen LogP contribution in [-0.2, 0) is 6.54 Å². The number of aryl methyl sites for hydroxylation is 1. The molecular formula is C13H15ClN2O2S. The number of carboxylic acid groups (broad SMARTS) is 1. The van der Waals surface area contributed by atoms with Gasteiger partial charge in [0, 0.05) is 23.7 Å². The summed E-state index contributed by atoms with van der Waals surface area (Å²) in [6.07, 6.45) is 2.55. The van der Waals surface area contributed by atoms with Gasteiger partial charge < -0.3 is 5.11 Å². The predicted molar refractivity (Wildman–Crippen MR) is 77.0 cm³/mol. The van der Waals surface area contributed by atoms with E-state index in [1.54, 1.807) is 16.9 Å². The van der Waals surface area contributed by atoms with E-state index in [1.807, 2.05) is 5.38 Å². The van der Waals surface area contributed by atoms with Gasteiger partial charge in [-0.2, -0.15) is 5.10 Å². The van der Waals surface area contributed by atoms with Gasteiger partial charge in [-0.05, 0) is 18.4 Å². The van der Waals surface area contributed by atoms with Gasteiger partial charge in [0.25, 0.3) is 0 Å². The molecule has 2 aromatic heterocycles. The van der Waals surface area contributed by atoms with E-state index in [-0.39, 0.29) is 5.56 Å². The van der Waals surface area contributed by atoms with Gasteiger partial charge in [0.2, 0.25) is 0 Å². The molecule has 0 aliphatic heterocycles. The number of halogens is 1. The standard InChI is InChI=1S/C13H15ClN2O2S/c1-8(2)3-4-16-6-10(13(17)18)12(15-16)9-5-11(14)19-7-9/h5-8H,3-4H2,1-2H3,(H,17,18). The number of aromatic nitrogens is 2. The molecule has 2 heterocycles. The zero-order valence-corrected chi connectivity index (χ0v) is 12.3. The summed E-state index contributed by atoms with van der Waals surface area (Å²) in [5, 5.41) is 15.4. The van der Waals surface area contributed by atoms with Crippen LogP contribution in [0.5, 0.6) is 0 Å². The molecule has 1 N–H and O–H groups in total. The number of rotatable bonds is 5. The van der Waals surface area contributed by atoms with Crippen molar-refractivity contribution in [1.82, 2.24) is 9.78 Å². The van der Waals surface area contributed by atoms with Crippen molar-refractivity contribution in [3.05, 3.63) is 27.5 Å². The minimum absolute atomic E-state index is 0.221. The monoisotopic (exact) mass is 298 g/mol. The van der Waals surface area contributed by atoms with E-state index in [1.165, 1.54) is 11.3 Å². The van der Waals surface area contributed by atoms with Crippen LogP contribution in [0.1, 0.15) is 30.6 Å². The zero-order valence-electron chi connectivity index (χ0n) is 10.8. The zero-order chi connectivity index (χ0) is 14.0. The average Bonchev–Trinajstić information content (AvgIpc) is 2.92. The van der Waals surface area contributed by atoms with Crippen LogP contribution in [0.15, 0.2) is 17.6 Å². The maximum atomic E-state index is 11.3. The van der Waals surface area contributed by atoms with E-state index < -0.39 is 5.97 Å². The van der Waals surface area contributed by atoms with Gasteiger partial charge >= 0.3 is 5.97 Å². The van der Waals surface area contributed by atoms with Gasteiger partial charge in [-0.15, -0.1) is 11.3 Å². The molecule has 0 saturated carbocycles. The van der Waals surface area contributed by atoms with E-state index >= 15 is 0 Å². The Kier molecular flexibility index (Phi) is 4.27. The topological polar surface area (TPSA) is 55.1 Å². The van der Waals surface area contributed by atoms with Crippen molar-refractivity contribution < 1.29 is 9.90 Å². The number of carboxylic acids is 1. The van der Waals surface area contributed by atoms with Gasteiger partial charge in [0.05, 0.1) is 4.34 Å². The molecule has 6 heteroatoms. The summed E-state index contributed by atoms with van der Waals surface area (Å²) in [5.41, 5.74) is 1.47. The van der Waals surface area contributed by atoms with Gasteiger partial charge in [-0.25, -0.2) is 4.79 Å². The number of carbonyl (C=O) groups is 1. The molecule has 0 unspecified atom stereocenters. The van der Waals surface area contributed by atoms with Crippen molar-refractivity contribution in [1.29, 1.82) is 0 Å². The third kappa shape index (κ3) is 3.36. The van der Waals surface area contributed by atoms with Crippen LogP contribution >= 0.6 is 22.9 Å². The average molecular weight is 299 g/mol. The minimum Gasteiger partial charge on any atom is -0.478 e. The number of thiophene rings is 1. The summed E-state index contributed by atoms with van der Waals surface area (Å²) in [4.78, 5) is 11.3. The van der Waals surface area contributed by atoms with Crippen molar-refractivity contribution in [3.8, 4) is 11.3 Å². The van der Waals surface area contributed by atoms with Crippen molar-refractivity contribution >= 4 is 28.9 Å². The Morgan fingerprint density at radius 3 is 2.84 bits per heavy atom. The second-order valence-corrected chi connectivity index (χ2v) is 6.32. The molecule has 0 saturated heterocycles. The maximum Gasteiger partial charge on any atom is 0.339 e. The second-order valence-electron chi connectivity index (χ2n) is 4.78. The van der Waals surface area contributed by atoms with Crippen LogP contribution < -0.4 is 0 Å². The molecule has 0 aliphatic carbocycles. The lowest BCUT2D eigenvalue weighted by Gasteiger charge is -2.03. The first kappa shape index (κ1) is 14.1. The molecule has 4 nitrogen and oxygen atoms in total. The second kappa shape index (κ2) is 5.75. The smallest absolute Gasteiger partial charge is 0.339 e. The van der Waals surface area contributed by atoms with E-state index in [0.29, 0.717) is 15.9 Å². The molecular weight excluding hydrogens is 284 g/mol. The highest BCUT2D eigenvalue weighted by Crippen LogP contribution is 2.30. The number of aromatic carboxylic acids is 1. The normalized spacial score (nSPS) is 11.2. The summed E-state index contributed by atoms with van der Waals surface area (Å²) >= 11 is 7.26.